The smallest absolute Gasteiger partial charge is 0.335 e. The Hall–Kier alpha value is -3.74. The maximum absolute atomic E-state index is 13.1. The van der Waals surface area contributed by atoms with Gasteiger partial charge in [0, 0.05) is 28.6 Å². The Kier molecular flexibility index (Phi) is 7.91. The summed E-state index contributed by atoms with van der Waals surface area (Å²) in [7, 11) is 0. The number of carbonyl (C=O) groups is 2. The van der Waals surface area contributed by atoms with E-state index in [0.29, 0.717) is 33.4 Å². The monoisotopic (exact) mass is 536 g/mol. The second-order valence-corrected chi connectivity index (χ2v) is 9.81. The van der Waals surface area contributed by atoms with Crippen LogP contribution in [-0.4, -0.2) is 28.4 Å². The fourth-order valence-corrected chi connectivity index (χ4v) is 4.72. The number of fused-ring (bicyclic) bond motifs is 1. The number of Topliss-reactive ketones (excluding diaryl/α,β-unsaturated/α-hetero) is 1. The largest absolute Gasteiger partial charge is 0.489 e. The summed E-state index contributed by atoms with van der Waals surface area (Å²) in [6.07, 6.45) is 2.44. The fourth-order valence-electron chi connectivity index (χ4n) is 4.12. The summed E-state index contributed by atoms with van der Waals surface area (Å²) in [4.78, 5) is 27.6. The minimum Gasteiger partial charge on any atom is -0.489 e. The van der Waals surface area contributed by atoms with Crippen molar-refractivity contribution >= 4 is 51.6 Å². The van der Waals surface area contributed by atoms with E-state index in [-0.39, 0.29) is 29.6 Å². The molecule has 4 rings (SSSR count). The number of aromatic carboxylic acids is 1. The minimum atomic E-state index is -0.964. The van der Waals surface area contributed by atoms with Crippen molar-refractivity contribution in [2.24, 2.45) is 11.7 Å². The standard InChI is InChI=1S/C29H26Cl2N2O4/c1-16(2)28(34)22(27(32)26-23(30)7-4-8-24(26)31)15-37-20-9-10-25-21(13-20)19(14-33-25)12-17-5-3-6-18(11-17)29(35)36/h3-11,13-14,16,33H,12,15,32H2,1-2H3,(H,35,36)/b27-22-. The molecule has 0 saturated carbocycles. The number of ether oxygens (including phenoxy) is 1. The molecule has 0 saturated heterocycles. The van der Waals surface area contributed by atoms with E-state index in [9.17, 15) is 14.7 Å². The Labute approximate surface area is 224 Å². The van der Waals surface area contributed by atoms with Crippen LogP contribution in [0.25, 0.3) is 16.6 Å². The SMILES string of the molecule is CC(C)C(=O)/C(COc1ccc2[nH]cc(Cc3cccc(C(=O)O)c3)c2c1)=C(\N)c1c(Cl)cccc1Cl. The van der Waals surface area contributed by atoms with Crippen molar-refractivity contribution in [2.45, 2.75) is 20.3 Å². The number of benzene rings is 3. The molecule has 8 heteroatoms. The third-order valence-corrected chi connectivity index (χ3v) is 6.70. The molecule has 6 nitrogen and oxygen atoms in total. The van der Waals surface area contributed by atoms with Gasteiger partial charge in [0.25, 0.3) is 0 Å². The Morgan fingerprint density at radius 1 is 1.03 bits per heavy atom. The molecule has 0 aliphatic carbocycles. The summed E-state index contributed by atoms with van der Waals surface area (Å²) < 4.78 is 6.06. The zero-order valence-electron chi connectivity index (χ0n) is 20.3. The van der Waals surface area contributed by atoms with Crippen LogP contribution in [0.2, 0.25) is 10.0 Å². The van der Waals surface area contributed by atoms with Gasteiger partial charge in [-0.1, -0.05) is 55.2 Å². The Bertz CT molecular complexity index is 1500. The molecule has 0 aliphatic rings. The number of ketones is 1. The molecule has 4 N–H and O–H groups in total. The predicted octanol–water partition coefficient (Wildman–Crippen LogP) is 6.74. The highest BCUT2D eigenvalue weighted by Crippen LogP contribution is 2.32. The first-order chi connectivity index (χ1) is 17.7. The summed E-state index contributed by atoms with van der Waals surface area (Å²) in [5, 5.41) is 10.9. The molecule has 0 spiro atoms. The van der Waals surface area contributed by atoms with Crippen molar-refractivity contribution in [3.05, 3.63) is 105 Å². The summed E-state index contributed by atoms with van der Waals surface area (Å²) in [6, 6.07) is 17.5. The molecule has 0 radical (unpaired) electrons. The van der Waals surface area contributed by atoms with E-state index in [1.165, 1.54) is 0 Å². The van der Waals surface area contributed by atoms with Crippen molar-refractivity contribution in [1.82, 2.24) is 4.98 Å². The Balaban J connectivity index is 1.64. The lowest BCUT2D eigenvalue weighted by molar-refractivity contribution is -0.118. The van der Waals surface area contributed by atoms with Gasteiger partial charge in [-0.3, -0.25) is 4.79 Å². The van der Waals surface area contributed by atoms with Gasteiger partial charge in [0.05, 0.1) is 26.9 Å². The second kappa shape index (κ2) is 11.1. The van der Waals surface area contributed by atoms with Gasteiger partial charge in [0.2, 0.25) is 0 Å². The minimum absolute atomic E-state index is 0.0592. The molecule has 0 fully saturated rings. The van der Waals surface area contributed by atoms with Gasteiger partial charge >= 0.3 is 5.97 Å². The number of carboxylic acids is 1. The van der Waals surface area contributed by atoms with Crippen LogP contribution in [0.5, 0.6) is 5.75 Å². The first-order valence-electron chi connectivity index (χ1n) is 11.7. The Morgan fingerprint density at radius 2 is 1.73 bits per heavy atom. The fraction of sp³-hybridized carbons (Fsp3) is 0.172. The van der Waals surface area contributed by atoms with Gasteiger partial charge in [-0.25, -0.2) is 4.79 Å². The van der Waals surface area contributed by atoms with Gasteiger partial charge in [0.15, 0.2) is 5.78 Å². The molecular formula is C29H26Cl2N2O4. The topological polar surface area (TPSA) is 105 Å². The van der Waals surface area contributed by atoms with E-state index in [4.69, 9.17) is 33.7 Å². The van der Waals surface area contributed by atoms with E-state index in [1.54, 1.807) is 50.2 Å². The normalized spacial score (nSPS) is 12.0. The van der Waals surface area contributed by atoms with E-state index < -0.39 is 5.97 Å². The number of halogens is 2. The average molecular weight is 537 g/mol. The van der Waals surface area contributed by atoms with Crippen molar-refractivity contribution in [3.8, 4) is 5.75 Å². The molecule has 3 aromatic carbocycles. The van der Waals surface area contributed by atoms with E-state index >= 15 is 0 Å². The lowest BCUT2D eigenvalue weighted by Gasteiger charge is -2.16. The number of H-pyrrole nitrogens is 1. The van der Waals surface area contributed by atoms with Crippen LogP contribution in [0.15, 0.2) is 72.4 Å². The van der Waals surface area contributed by atoms with Crippen molar-refractivity contribution < 1.29 is 19.4 Å². The first kappa shape index (κ1) is 26.3. The van der Waals surface area contributed by atoms with Crippen LogP contribution >= 0.6 is 23.2 Å². The van der Waals surface area contributed by atoms with Crippen molar-refractivity contribution in [3.63, 3.8) is 0 Å². The number of aromatic nitrogens is 1. The molecule has 0 aliphatic heterocycles. The molecule has 190 valence electrons. The van der Waals surface area contributed by atoms with Gasteiger partial charge in [-0.05, 0) is 60.0 Å². The molecule has 1 heterocycles. The summed E-state index contributed by atoms with van der Waals surface area (Å²) in [6.45, 7) is 3.53. The second-order valence-electron chi connectivity index (χ2n) is 9.00. The number of rotatable bonds is 9. The van der Waals surface area contributed by atoms with Crippen molar-refractivity contribution in [1.29, 1.82) is 0 Å². The van der Waals surface area contributed by atoms with Crippen molar-refractivity contribution in [2.75, 3.05) is 6.61 Å². The molecule has 37 heavy (non-hydrogen) atoms. The molecule has 0 amide bonds. The van der Waals surface area contributed by atoms with Crippen LogP contribution in [-0.2, 0) is 11.2 Å². The lowest BCUT2D eigenvalue weighted by Crippen LogP contribution is -2.21. The maximum atomic E-state index is 13.1. The number of nitrogens with two attached hydrogens (primary N) is 1. The summed E-state index contributed by atoms with van der Waals surface area (Å²) in [5.41, 5.74) is 10.3. The van der Waals surface area contributed by atoms with Crippen LogP contribution in [0.1, 0.15) is 40.9 Å². The highest BCUT2D eigenvalue weighted by atomic mass is 35.5. The number of carbonyl (C=O) groups excluding carboxylic acids is 1. The predicted molar refractivity (Wildman–Crippen MR) is 147 cm³/mol. The Morgan fingerprint density at radius 3 is 2.41 bits per heavy atom. The number of aromatic amines is 1. The molecule has 0 atom stereocenters. The molecule has 4 aromatic rings. The molecular weight excluding hydrogens is 511 g/mol. The van der Waals surface area contributed by atoms with Crippen LogP contribution in [0.4, 0.5) is 0 Å². The third kappa shape index (κ3) is 5.82. The van der Waals surface area contributed by atoms with Crippen LogP contribution in [0, 0.1) is 5.92 Å². The number of hydrogen-bond donors (Lipinski definition) is 3. The van der Waals surface area contributed by atoms with E-state index in [1.807, 2.05) is 30.5 Å². The van der Waals surface area contributed by atoms with E-state index in [0.717, 1.165) is 22.0 Å². The number of nitrogens with one attached hydrogen (secondary N) is 1. The molecule has 0 bridgehead atoms. The van der Waals surface area contributed by atoms with Crippen LogP contribution in [0.3, 0.4) is 0 Å². The van der Waals surface area contributed by atoms with Gasteiger partial charge in [-0.15, -0.1) is 0 Å². The zero-order chi connectivity index (χ0) is 26.7. The third-order valence-electron chi connectivity index (χ3n) is 6.07. The quantitative estimate of drug-likeness (QED) is 0.205. The van der Waals surface area contributed by atoms with E-state index in [2.05, 4.69) is 4.98 Å². The number of carboxylic acid groups (broad SMARTS) is 1. The molecule has 1 aromatic heterocycles. The van der Waals surface area contributed by atoms with Crippen LogP contribution < -0.4 is 10.5 Å². The number of hydrogen-bond acceptors (Lipinski definition) is 4. The average Bonchev–Trinajstić information content (AvgIpc) is 3.25. The maximum Gasteiger partial charge on any atom is 0.335 e. The highest BCUT2D eigenvalue weighted by molar-refractivity contribution is 6.37. The van der Waals surface area contributed by atoms with Gasteiger partial charge in [0.1, 0.15) is 12.4 Å². The lowest BCUT2D eigenvalue weighted by atomic mass is 9.97. The zero-order valence-corrected chi connectivity index (χ0v) is 21.9. The summed E-state index contributed by atoms with van der Waals surface area (Å²) >= 11 is 12.7. The highest BCUT2D eigenvalue weighted by Gasteiger charge is 2.22. The summed E-state index contributed by atoms with van der Waals surface area (Å²) in [5.74, 6) is -0.873. The molecule has 0 unspecified atom stereocenters. The van der Waals surface area contributed by atoms with Gasteiger partial charge in [-0.2, -0.15) is 0 Å². The van der Waals surface area contributed by atoms with Gasteiger partial charge < -0.3 is 20.6 Å². The first-order valence-corrected chi connectivity index (χ1v) is 12.4.